The Morgan fingerprint density at radius 2 is 1.79 bits per heavy atom. The van der Waals surface area contributed by atoms with Gasteiger partial charge >= 0.3 is 0 Å². The normalized spacial score (nSPS) is 10.9. The van der Waals surface area contributed by atoms with E-state index in [-0.39, 0.29) is 0 Å². The molecular formula is C10H14Br2N2. The molecule has 1 aromatic carbocycles. The van der Waals surface area contributed by atoms with Crippen molar-refractivity contribution in [2.24, 2.45) is 5.73 Å². The molecule has 2 N–H and O–H groups in total. The maximum Gasteiger partial charge on any atom is 0.0232 e. The summed E-state index contributed by atoms with van der Waals surface area (Å²) in [5, 5.41) is 0. The Hall–Kier alpha value is 0.1000. The lowest BCUT2D eigenvalue weighted by molar-refractivity contribution is 0.336. The zero-order chi connectivity index (χ0) is 10.6. The molecule has 0 aromatic heterocycles. The first-order valence-electron chi connectivity index (χ1n) is 4.45. The van der Waals surface area contributed by atoms with Gasteiger partial charge in [0, 0.05) is 28.6 Å². The predicted octanol–water partition coefficient (Wildman–Crippen LogP) is 2.60. The Labute approximate surface area is 102 Å². The first kappa shape index (κ1) is 12.2. The minimum absolute atomic E-state index is 0.700. The highest BCUT2D eigenvalue weighted by Crippen LogP contribution is 2.20. The molecule has 14 heavy (non-hydrogen) atoms. The van der Waals surface area contributed by atoms with Gasteiger partial charge in [-0.15, -0.1) is 0 Å². The van der Waals surface area contributed by atoms with Crippen LogP contribution in [0.5, 0.6) is 0 Å². The minimum atomic E-state index is 0.700. The van der Waals surface area contributed by atoms with E-state index in [4.69, 9.17) is 5.73 Å². The number of nitrogens with zero attached hydrogens (tertiary/aromatic N) is 1. The summed E-state index contributed by atoms with van der Waals surface area (Å²) in [6.07, 6.45) is 0. The van der Waals surface area contributed by atoms with Crippen LogP contribution in [0.2, 0.25) is 0 Å². The number of hydrogen-bond acceptors (Lipinski definition) is 2. The molecule has 0 saturated heterocycles. The van der Waals surface area contributed by atoms with Crippen LogP contribution in [0, 0.1) is 0 Å². The summed E-state index contributed by atoms with van der Waals surface area (Å²) in [7, 11) is 2.07. The van der Waals surface area contributed by atoms with Crippen LogP contribution in [-0.4, -0.2) is 25.0 Å². The van der Waals surface area contributed by atoms with Gasteiger partial charge in [-0.3, -0.25) is 0 Å². The van der Waals surface area contributed by atoms with Crippen LogP contribution in [0.4, 0.5) is 0 Å². The lowest BCUT2D eigenvalue weighted by Crippen LogP contribution is -2.24. The van der Waals surface area contributed by atoms with Gasteiger partial charge in [0.05, 0.1) is 0 Å². The molecule has 0 amide bonds. The summed E-state index contributed by atoms with van der Waals surface area (Å²) < 4.78 is 2.20. The molecule has 0 aliphatic carbocycles. The smallest absolute Gasteiger partial charge is 0.0232 e. The van der Waals surface area contributed by atoms with Gasteiger partial charge in [-0.05, 0) is 30.8 Å². The topological polar surface area (TPSA) is 29.3 Å². The Morgan fingerprint density at radius 3 is 2.29 bits per heavy atom. The second kappa shape index (κ2) is 5.85. The molecular weight excluding hydrogens is 308 g/mol. The molecule has 0 fully saturated rings. The first-order chi connectivity index (χ1) is 6.61. The summed E-state index contributed by atoms with van der Waals surface area (Å²) in [5.74, 6) is 0. The Bertz CT molecular complexity index is 282. The zero-order valence-corrected chi connectivity index (χ0v) is 11.3. The van der Waals surface area contributed by atoms with E-state index in [0.717, 1.165) is 22.0 Å². The number of nitrogens with two attached hydrogens (primary N) is 1. The van der Waals surface area contributed by atoms with Crippen LogP contribution in [0.1, 0.15) is 5.56 Å². The van der Waals surface area contributed by atoms with Crippen LogP contribution in [0.3, 0.4) is 0 Å². The van der Waals surface area contributed by atoms with Gasteiger partial charge in [-0.1, -0.05) is 31.9 Å². The number of halogens is 2. The molecule has 0 heterocycles. The van der Waals surface area contributed by atoms with E-state index in [0.29, 0.717) is 6.54 Å². The van der Waals surface area contributed by atoms with Crippen LogP contribution in [0.15, 0.2) is 27.1 Å². The van der Waals surface area contributed by atoms with E-state index in [1.165, 1.54) is 5.56 Å². The van der Waals surface area contributed by atoms with Crippen molar-refractivity contribution in [1.29, 1.82) is 0 Å². The standard InChI is InChI=1S/C10H14Br2N2/c1-14(3-2-13)7-8-4-9(11)6-10(12)5-8/h4-6H,2-3,7,13H2,1H3. The summed E-state index contributed by atoms with van der Waals surface area (Å²) in [6.45, 7) is 2.55. The Morgan fingerprint density at radius 1 is 1.21 bits per heavy atom. The summed E-state index contributed by atoms with van der Waals surface area (Å²) in [5.41, 5.74) is 6.76. The molecule has 0 aliphatic rings. The molecule has 78 valence electrons. The largest absolute Gasteiger partial charge is 0.329 e. The highest BCUT2D eigenvalue weighted by molar-refractivity contribution is 9.11. The van der Waals surface area contributed by atoms with E-state index in [9.17, 15) is 0 Å². The molecule has 0 spiro atoms. The zero-order valence-electron chi connectivity index (χ0n) is 8.13. The molecule has 2 nitrogen and oxygen atoms in total. The fourth-order valence-corrected chi connectivity index (χ4v) is 2.70. The van der Waals surface area contributed by atoms with Gasteiger partial charge in [0.15, 0.2) is 0 Å². The van der Waals surface area contributed by atoms with E-state index in [1.807, 2.05) is 6.07 Å². The molecule has 0 unspecified atom stereocenters. The van der Waals surface area contributed by atoms with Crippen LogP contribution >= 0.6 is 31.9 Å². The summed E-state index contributed by atoms with van der Waals surface area (Å²) >= 11 is 6.94. The average Bonchev–Trinajstić information content (AvgIpc) is 2.01. The third-order valence-corrected chi connectivity index (χ3v) is 2.80. The van der Waals surface area contributed by atoms with Gasteiger partial charge in [0.25, 0.3) is 0 Å². The number of likely N-dealkylation sites (N-methyl/N-ethyl adjacent to an activating group) is 1. The predicted molar refractivity (Wildman–Crippen MR) is 67.2 cm³/mol. The fraction of sp³-hybridized carbons (Fsp3) is 0.400. The van der Waals surface area contributed by atoms with Gasteiger partial charge in [0.1, 0.15) is 0 Å². The lowest BCUT2D eigenvalue weighted by Gasteiger charge is -2.15. The molecule has 4 heteroatoms. The minimum Gasteiger partial charge on any atom is -0.329 e. The van der Waals surface area contributed by atoms with E-state index < -0.39 is 0 Å². The van der Waals surface area contributed by atoms with Gasteiger partial charge in [0.2, 0.25) is 0 Å². The molecule has 1 rings (SSSR count). The van der Waals surface area contributed by atoms with Crippen molar-refractivity contribution in [3.63, 3.8) is 0 Å². The van der Waals surface area contributed by atoms with Gasteiger partial charge in [-0.2, -0.15) is 0 Å². The van der Waals surface area contributed by atoms with Crippen molar-refractivity contribution in [2.75, 3.05) is 20.1 Å². The van der Waals surface area contributed by atoms with Crippen molar-refractivity contribution in [3.05, 3.63) is 32.7 Å². The Kier molecular flexibility index (Phi) is 5.09. The molecule has 0 radical (unpaired) electrons. The number of benzene rings is 1. The lowest BCUT2D eigenvalue weighted by atomic mass is 10.2. The summed E-state index contributed by atoms with van der Waals surface area (Å²) in [6, 6.07) is 6.28. The molecule has 0 atom stereocenters. The van der Waals surface area contributed by atoms with Gasteiger partial charge in [-0.25, -0.2) is 0 Å². The van der Waals surface area contributed by atoms with E-state index in [2.05, 4.69) is 55.9 Å². The van der Waals surface area contributed by atoms with E-state index in [1.54, 1.807) is 0 Å². The quantitative estimate of drug-likeness (QED) is 0.923. The molecule has 0 aliphatic heterocycles. The highest BCUT2D eigenvalue weighted by atomic mass is 79.9. The fourth-order valence-electron chi connectivity index (χ4n) is 1.31. The molecule has 1 aromatic rings. The third kappa shape index (κ3) is 4.09. The SMILES string of the molecule is CN(CCN)Cc1cc(Br)cc(Br)c1. The second-order valence-corrected chi connectivity index (χ2v) is 5.14. The second-order valence-electron chi connectivity index (χ2n) is 3.30. The number of hydrogen-bond donors (Lipinski definition) is 1. The van der Waals surface area contributed by atoms with Crippen molar-refractivity contribution < 1.29 is 0 Å². The van der Waals surface area contributed by atoms with Crippen molar-refractivity contribution in [2.45, 2.75) is 6.54 Å². The maximum atomic E-state index is 5.48. The third-order valence-electron chi connectivity index (χ3n) is 1.89. The van der Waals surface area contributed by atoms with Crippen molar-refractivity contribution in [3.8, 4) is 0 Å². The van der Waals surface area contributed by atoms with Crippen LogP contribution in [-0.2, 0) is 6.54 Å². The molecule has 0 bridgehead atoms. The van der Waals surface area contributed by atoms with Crippen molar-refractivity contribution in [1.82, 2.24) is 4.90 Å². The first-order valence-corrected chi connectivity index (χ1v) is 6.04. The monoisotopic (exact) mass is 320 g/mol. The molecule has 0 saturated carbocycles. The van der Waals surface area contributed by atoms with E-state index >= 15 is 0 Å². The Balaban J connectivity index is 2.66. The average molecular weight is 322 g/mol. The maximum absolute atomic E-state index is 5.48. The van der Waals surface area contributed by atoms with Crippen molar-refractivity contribution >= 4 is 31.9 Å². The summed E-state index contributed by atoms with van der Waals surface area (Å²) in [4.78, 5) is 2.20. The van der Waals surface area contributed by atoms with Crippen LogP contribution in [0.25, 0.3) is 0 Å². The number of rotatable bonds is 4. The van der Waals surface area contributed by atoms with Crippen LogP contribution < -0.4 is 5.73 Å². The highest BCUT2D eigenvalue weighted by Gasteiger charge is 2.01. The van der Waals surface area contributed by atoms with Gasteiger partial charge < -0.3 is 10.6 Å².